The fourth-order valence-corrected chi connectivity index (χ4v) is 4.64. The third-order valence-electron chi connectivity index (χ3n) is 5.09. The fraction of sp³-hybridized carbons (Fsp3) is 0.0870. The smallest absolute Gasteiger partial charge is 0.316 e. The number of carbonyl (C=O) groups is 1. The minimum atomic E-state index is -0.515. The second kappa shape index (κ2) is 7.81. The lowest BCUT2D eigenvalue weighted by atomic mass is 10.2. The Bertz CT molecular complexity index is 1270. The summed E-state index contributed by atoms with van der Waals surface area (Å²) in [5.41, 5.74) is 2.20. The zero-order chi connectivity index (χ0) is 21.4. The van der Waals surface area contributed by atoms with Gasteiger partial charge >= 0.3 is 17.4 Å². The molecule has 0 bridgehead atoms. The number of nitrogens with one attached hydrogen (secondary N) is 1. The van der Waals surface area contributed by atoms with Gasteiger partial charge in [0.15, 0.2) is 0 Å². The first kappa shape index (κ1) is 19.2. The molecule has 8 heteroatoms. The lowest BCUT2D eigenvalue weighted by molar-refractivity contribution is -0.678. The van der Waals surface area contributed by atoms with Crippen molar-refractivity contribution in [1.82, 2.24) is 10.2 Å². The number of nitrogens with zero attached hydrogens (tertiary/aromatic N) is 3. The summed E-state index contributed by atoms with van der Waals surface area (Å²) in [7, 11) is 1.68. The van der Waals surface area contributed by atoms with Gasteiger partial charge < -0.3 is 4.90 Å². The van der Waals surface area contributed by atoms with E-state index in [2.05, 4.69) is 5.27 Å². The molecule has 1 aliphatic heterocycles. The maximum atomic E-state index is 13.6. The molecular formula is C23H19N4O3S+. The van der Waals surface area contributed by atoms with Crippen LogP contribution in [0.4, 0.5) is 16.2 Å². The van der Waals surface area contributed by atoms with Gasteiger partial charge in [-0.2, -0.15) is 0 Å². The van der Waals surface area contributed by atoms with Gasteiger partial charge in [0.05, 0.1) is 11.4 Å². The molecule has 0 unspecified atom stereocenters. The summed E-state index contributed by atoms with van der Waals surface area (Å²) < 4.78 is 6.57. The number of para-hydroxylation sites is 3. The molecule has 2 amide bonds. The number of benzene rings is 3. The van der Waals surface area contributed by atoms with Gasteiger partial charge in [0.25, 0.3) is 0 Å². The molecule has 2 heterocycles. The minimum Gasteiger partial charge on any atom is -0.316 e. The van der Waals surface area contributed by atoms with Crippen LogP contribution in [0.1, 0.15) is 5.69 Å². The first-order valence-electron chi connectivity index (χ1n) is 9.72. The molecule has 0 aliphatic carbocycles. The molecule has 1 aliphatic rings. The van der Waals surface area contributed by atoms with E-state index >= 15 is 0 Å². The number of hydrogen-bond donors (Lipinski definition) is 1. The SMILES string of the molecule is CN(Cc1c(=O)o[nH][n+]1-c1ccccc1)C(=O)N1c2ccccc2Sc2ccccc21. The largest absolute Gasteiger partial charge is 0.432 e. The van der Waals surface area contributed by atoms with Crippen LogP contribution in [0.3, 0.4) is 0 Å². The summed E-state index contributed by atoms with van der Waals surface area (Å²) >= 11 is 1.64. The van der Waals surface area contributed by atoms with E-state index in [0.717, 1.165) is 26.9 Å². The summed E-state index contributed by atoms with van der Waals surface area (Å²) in [4.78, 5) is 31.2. The van der Waals surface area contributed by atoms with E-state index in [1.807, 2.05) is 78.9 Å². The molecule has 1 N–H and O–H groups in total. The molecule has 0 saturated heterocycles. The number of aromatic nitrogens is 2. The number of rotatable bonds is 3. The second-order valence-electron chi connectivity index (χ2n) is 7.11. The van der Waals surface area contributed by atoms with E-state index in [1.54, 1.807) is 28.4 Å². The Morgan fingerprint density at radius 1 is 0.968 bits per heavy atom. The molecule has 0 saturated carbocycles. The predicted molar refractivity (Wildman–Crippen MR) is 117 cm³/mol. The molecule has 3 aromatic carbocycles. The van der Waals surface area contributed by atoms with E-state index in [1.165, 1.54) is 4.90 Å². The van der Waals surface area contributed by atoms with Crippen molar-refractivity contribution in [2.45, 2.75) is 16.3 Å². The Morgan fingerprint density at radius 2 is 1.55 bits per heavy atom. The summed E-state index contributed by atoms with van der Waals surface area (Å²) in [5, 5.41) is 2.62. The quantitative estimate of drug-likeness (QED) is 0.496. The first-order chi connectivity index (χ1) is 15.1. The Labute approximate surface area is 182 Å². The Balaban J connectivity index is 1.50. The Kier molecular flexibility index (Phi) is 4.83. The van der Waals surface area contributed by atoms with Crippen LogP contribution in [0.25, 0.3) is 5.69 Å². The highest BCUT2D eigenvalue weighted by Gasteiger charge is 2.32. The van der Waals surface area contributed by atoms with Crippen molar-refractivity contribution >= 4 is 29.2 Å². The van der Waals surface area contributed by atoms with Crippen molar-refractivity contribution in [2.75, 3.05) is 11.9 Å². The van der Waals surface area contributed by atoms with Crippen LogP contribution in [0.2, 0.25) is 0 Å². The molecule has 5 rings (SSSR count). The average Bonchev–Trinajstić information content (AvgIpc) is 3.17. The Morgan fingerprint density at radius 3 is 2.19 bits per heavy atom. The van der Waals surface area contributed by atoms with Crippen LogP contribution in [0.15, 0.2) is 98.0 Å². The van der Waals surface area contributed by atoms with Crippen molar-refractivity contribution in [3.05, 3.63) is 95.0 Å². The second-order valence-corrected chi connectivity index (χ2v) is 8.19. The molecule has 0 atom stereocenters. The van der Waals surface area contributed by atoms with Crippen LogP contribution < -0.4 is 15.2 Å². The van der Waals surface area contributed by atoms with Crippen molar-refractivity contribution < 1.29 is 14.0 Å². The molecule has 0 radical (unpaired) electrons. The maximum Gasteiger partial charge on any atom is 0.432 e. The van der Waals surface area contributed by atoms with Gasteiger partial charge in [0.1, 0.15) is 6.54 Å². The van der Waals surface area contributed by atoms with Crippen molar-refractivity contribution in [3.63, 3.8) is 0 Å². The zero-order valence-corrected chi connectivity index (χ0v) is 17.5. The summed E-state index contributed by atoms with van der Waals surface area (Å²) in [6.45, 7) is 0.0769. The summed E-state index contributed by atoms with van der Waals surface area (Å²) in [6.07, 6.45) is 0. The van der Waals surface area contributed by atoms with Gasteiger partial charge in [0.2, 0.25) is 5.69 Å². The minimum absolute atomic E-state index is 0.0769. The van der Waals surface area contributed by atoms with Crippen molar-refractivity contribution in [1.29, 1.82) is 0 Å². The van der Waals surface area contributed by atoms with Crippen molar-refractivity contribution in [2.24, 2.45) is 0 Å². The number of amides is 2. The molecule has 0 spiro atoms. The third kappa shape index (κ3) is 3.40. The van der Waals surface area contributed by atoms with Gasteiger partial charge in [-0.1, -0.05) is 54.2 Å². The molecular weight excluding hydrogens is 412 g/mol. The number of aromatic amines is 1. The number of anilines is 2. The zero-order valence-electron chi connectivity index (χ0n) is 16.7. The van der Waals surface area contributed by atoms with Gasteiger partial charge in [-0.25, -0.2) is 9.59 Å². The number of urea groups is 1. The number of hydrogen-bond acceptors (Lipinski definition) is 4. The lowest BCUT2D eigenvalue weighted by Crippen LogP contribution is -2.45. The number of H-pyrrole nitrogens is 1. The Hall–Kier alpha value is -3.78. The van der Waals surface area contributed by atoms with Crippen LogP contribution >= 0.6 is 11.8 Å². The number of carbonyl (C=O) groups excluding carboxylic acids is 1. The van der Waals surface area contributed by atoms with Crippen LogP contribution in [-0.4, -0.2) is 23.3 Å². The van der Waals surface area contributed by atoms with E-state index < -0.39 is 5.63 Å². The van der Waals surface area contributed by atoms with Crippen LogP contribution in [0.5, 0.6) is 0 Å². The topological polar surface area (TPSA) is 73.4 Å². The van der Waals surface area contributed by atoms with E-state index in [-0.39, 0.29) is 12.6 Å². The molecule has 0 fully saturated rings. The summed E-state index contributed by atoms with van der Waals surface area (Å²) in [6, 6.07) is 24.7. The van der Waals surface area contributed by atoms with Gasteiger partial charge in [0, 0.05) is 29.0 Å². The van der Waals surface area contributed by atoms with E-state index in [4.69, 9.17) is 4.52 Å². The highest BCUT2D eigenvalue weighted by Crippen LogP contribution is 2.48. The van der Waals surface area contributed by atoms with E-state index in [0.29, 0.717) is 5.69 Å². The van der Waals surface area contributed by atoms with Gasteiger partial charge in [-0.15, -0.1) is 0 Å². The van der Waals surface area contributed by atoms with Crippen LogP contribution in [-0.2, 0) is 6.54 Å². The molecule has 1 aromatic heterocycles. The van der Waals surface area contributed by atoms with E-state index in [9.17, 15) is 9.59 Å². The first-order valence-corrected chi connectivity index (χ1v) is 10.5. The van der Waals surface area contributed by atoms with Crippen LogP contribution in [0, 0.1) is 0 Å². The highest BCUT2D eigenvalue weighted by molar-refractivity contribution is 7.99. The fourth-order valence-electron chi connectivity index (χ4n) is 3.59. The normalized spacial score (nSPS) is 12.2. The molecule has 4 aromatic rings. The van der Waals surface area contributed by atoms with Crippen molar-refractivity contribution in [3.8, 4) is 5.69 Å². The standard InChI is InChI=1S/C23H18N4O3S/c1-25(15-19-22(28)30-24-27(19)16-9-3-2-4-10-16)23(29)26-17-11-5-7-13-20(17)31-21-14-8-6-12-18(21)26/h2-14H,15H2,1H3/p+1. The molecule has 31 heavy (non-hydrogen) atoms. The molecule has 7 nitrogen and oxygen atoms in total. The number of fused-ring (bicyclic) bond motifs is 2. The monoisotopic (exact) mass is 431 g/mol. The maximum absolute atomic E-state index is 13.6. The molecule has 154 valence electrons. The lowest BCUT2D eigenvalue weighted by Gasteiger charge is -2.33. The average molecular weight is 431 g/mol. The highest BCUT2D eigenvalue weighted by atomic mass is 32.2. The summed E-state index contributed by atoms with van der Waals surface area (Å²) in [5.74, 6) is 0. The van der Waals surface area contributed by atoms with Gasteiger partial charge in [-0.05, 0) is 34.2 Å². The predicted octanol–water partition coefficient (Wildman–Crippen LogP) is 4.10. The van der Waals surface area contributed by atoms with Gasteiger partial charge in [-0.3, -0.25) is 9.42 Å². The third-order valence-corrected chi connectivity index (χ3v) is 6.22.